The minimum Gasteiger partial charge on any atom is -0.362 e. The molecule has 0 radical (unpaired) electrons. The van der Waals surface area contributed by atoms with Crippen molar-refractivity contribution in [3.63, 3.8) is 0 Å². The molecule has 0 spiro atoms. The van der Waals surface area contributed by atoms with Gasteiger partial charge in [-0.3, -0.25) is 10.1 Å². The molecule has 0 amide bonds. The van der Waals surface area contributed by atoms with Crippen molar-refractivity contribution in [1.82, 2.24) is 4.98 Å². The molecule has 0 aromatic carbocycles. The first-order valence-corrected chi connectivity index (χ1v) is 6.97. The molecule has 1 atom stereocenters. The zero-order chi connectivity index (χ0) is 15.0. The number of nitrogen functional groups attached to an aromatic ring is 1. The van der Waals surface area contributed by atoms with Gasteiger partial charge in [0, 0.05) is 12.1 Å². The molecule has 0 saturated heterocycles. The number of hydrogen-bond acceptors (Lipinski definition) is 6. The highest BCUT2D eigenvalue weighted by molar-refractivity contribution is 5.60. The van der Waals surface area contributed by atoms with Crippen LogP contribution in [0, 0.1) is 10.1 Å². The van der Waals surface area contributed by atoms with Crippen LogP contribution in [0.3, 0.4) is 0 Å². The highest BCUT2D eigenvalue weighted by Gasteiger charge is 2.17. The van der Waals surface area contributed by atoms with Crippen LogP contribution < -0.4 is 16.6 Å². The van der Waals surface area contributed by atoms with E-state index in [-0.39, 0.29) is 17.5 Å². The fourth-order valence-electron chi connectivity index (χ4n) is 1.97. The van der Waals surface area contributed by atoms with Gasteiger partial charge in [0.05, 0.1) is 4.92 Å². The number of pyridine rings is 1. The molecule has 112 valence electrons. The van der Waals surface area contributed by atoms with E-state index in [1.165, 1.54) is 31.4 Å². The van der Waals surface area contributed by atoms with Gasteiger partial charge in [-0.25, -0.2) is 10.8 Å². The second-order valence-corrected chi connectivity index (χ2v) is 4.86. The molecule has 1 rings (SSSR count). The van der Waals surface area contributed by atoms with Crippen LogP contribution in [-0.2, 0) is 0 Å². The maximum Gasteiger partial charge on any atom is 0.311 e. The fourth-order valence-corrected chi connectivity index (χ4v) is 1.97. The topological polar surface area (TPSA) is 106 Å². The zero-order valence-electron chi connectivity index (χ0n) is 12.1. The summed E-state index contributed by atoms with van der Waals surface area (Å²) in [7, 11) is 0. The number of nitrogens with zero attached hydrogens (tertiary/aromatic N) is 2. The molecular formula is C13H23N5O2. The number of nitrogens with one attached hydrogen (secondary N) is 2. The van der Waals surface area contributed by atoms with Gasteiger partial charge in [0.2, 0.25) is 5.82 Å². The second-order valence-electron chi connectivity index (χ2n) is 4.86. The summed E-state index contributed by atoms with van der Waals surface area (Å²) in [5.41, 5.74) is 2.36. The predicted octanol–water partition coefficient (Wildman–Crippen LogP) is 3.05. The molecule has 1 aromatic heterocycles. The van der Waals surface area contributed by atoms with Crippen molar-refractivity contribution in [3.8, 4) is 0 Å². The van der Waals surface area contributed by atoms with Gasteiger partial charge in [-0.2, -0.15) is 0 Å². The smallest absolute Gasteiger partial charge is 0.311 e. The Balaban J connectivity index is 2.66. The van der Waals surface area contributed by atoms with Crippen molar-refractivity contribution in [1.29, 1.82) is 0 Å². The molecule has 4 N–H and O–H groups in total. The molecule has 1 heterocycles. The van der Waals surface area contributed by atoms with Crippen molar-refractivity contribution >= 4 is 17.3 Å². The van der Waals surface area contributed by atoms with Crippen LogP contribution in [0.1, 0.15) is 46.0 Å². The standard InChI is InChI=1S/C13H23N5O2/c1-3-4-5-6-7-10(2)15-13-11(18(19)20)8-9-12(16-13)17-14/h8-10H,3-7,14H2,1-2H3,(H2,15,16,17). The van der Waals surface area contributed by atoms with E-state index in [4.69, 9.17) is 5.84 Å². The predicted molar refractivity (Wildman–Crippen MR) is 80.5 cm³/mol. The van der Waals surface area contributed by atoms with Crippen LogP contribution >= 0.6 is 0 Å². The highest BCUT2D eigenvalue weighted by Crippen LogP contribution is 2.25. The number of anilines is 2. The third kappa shape index (κ3) is 5.00. The quantitative estimate of drug-likeness (QED) is 0.278. The van der Waals surface area contributed by atoms with E-state index in [1.807, 2.05) is 6.92 Å². The third-order valence-electron chi connectivity index (χ3n) is 3.09. The van der Waals surface area contributed by atoms with Gasteiger partial charge < -0.3 is 10.7 Å². The second kappa shape index (κ2) is 8.31. The maximum atomic E-state index is 11.0. The molecule has 0 saturated carbocycles. The van der Waals surface area contributed by atoms with Crippen molar-refractivity contribution in [2.75, 3.05) is 10.7 Å². The van der Waals surface area contributed by atoms with Crippen molar-refractivity contribution in [2.45, 2.75) is 52.0 Å². The summed E-state index contributed by atoms with van der Waals surface area (Å²) in [6.07, 6.45) is 5.66. The van der Waals surface area contributed by atoms with Gasteiger partial charge in [0.25, 0.3) is 0 Å². The largest absolute Gasteiger partial charge is 0.362 e. The fraction of sp³-hybridized carbons (Fsp3) is 0.615. The van der Waals surface area contributed by atoms with Crippen molar-refractivity contribution < 1.29 is 4.92 Å². The first-order valence-electron chi connectivity index (χ1n) is 6.97. The molecule has 0 aliphatic rings. The number of unbranched alkanes of at least 4 members (excludes halogenated alkanes) is 3. The van der Waals surface area contributed by atoms with Crippen LogP contribution in [0.25, 0.3) is 0 Å². The van der Waals surface area contributed by atoms with E-state index in [0.29, 0.717) is 5.82 Å². The minimum absolute atomic E-state index is 0.0376. The van der Waals surface area contributed by atoms with E-state index in [1.54, 1.807) is 0 Å². The van der Waals surface area contributed by atoms with Crippen molar-refractivity contribution in [3.05, 3.63) is 22.2 Å². The number of hydrazine groups is 1. The lowest BCUT2D eigenvalue weighted by Gasteiger charge is -2.15. The normalized spacial score (nSPS) is 11.9. The third-order valence-corrected chi connectivity index (χ3v) is 3.09. The number of rotatable bonds is 9. The molecule has 7 nitrogen and oxygen atoms in total. The molecule has 0 fully saturated rings. The Hall–Kier alpha value is -1.89. The van der Waals surface area contributed by atoms with Crippen molar-refractivity contribution in [2.24, 2.45) is 5.84 Å². The summed E-state index contributed by atoms with van der Waals surface area (Å²) in [5.74, 6) is 5.94. The maximum absolute atomic E-state index is 11.0. The zero-order valence-corrected chi connectivity index (χ0v) is 12.1. The average Bonchev–Trinajstić information content (AvgIpc) is 2.43. The number of nitrogens with two attached hydrogens (primary N) is 1. The molecule has 7 heteroatoms. The van der Waals surface area contributed by atoms with Crippen LogP contribution in [-0.4, -0.2) is 15.9 Å². The van der Waals surface area contributed by atoms with Crippen LogP contribution in [0.2, 0.25) is 0 Å². The number of hydrogen-bond donors (Lipinski definition) is 3. The van der Waals surface area contributed by atoms with Gasteiger partial charge in [0.1, 0.15) is 5.82 Å². The molecule has 20 heavy (non-hydrogen) atoms. The summed E-state index contributed by atoms with van der Waals surface area (Å²) < 4.78 is 0. The van der Waals surface area contributed by atoms with Crippen LogP contribution in [0.4, 0.5) is 17.3 Å². The SMILES string of the molecule is CCCCCCC(C)Nc1nc(NN)ccc1[N+](=O)[O-]. The van der Waals surface area contributed by atoms with Gasteiger partial charge in [-0.15, -0.1) is 0 Å². The lowest BCUT2D eigenvalue weighted by Crippen LogP contribution is -2.18. The number of nitro groups is 1. The molecule has 0 aliphatic carbocycles. The Morgan fingerprint density at radius 1 is 1.40 bits per heavy atom. The Kier molecular flexibility index (Phi) is 6.72. The lowest BCUT2D eigenvalue weighted by atomic mass is 10.1. The van der Waals surface area contributed by atoms with E-state index in [0.717, 1.165) is 12.8 Å². The Bertz CT molecular complexity index is 439. The Morgan fingerprint density at radius 3 is 2.75 bits per heavy atom. The lowest BCUT2D eigenvalue weighted by molar-refractivity contribution is -0.384. The van der Waals surface area contributed by atoms with Gasteiger partial charge in [-0.05, 0) is 19.4 Å². The molecule has 0 aliphatic heterocycles. The molecule has 1 aromatic rings. The van der Waals surface area contributed by atoms with E-state index >= 15 is 0 Å². The molecule has 0 bridgehead atoms. The van der Waals surface area contributed by atoms with Crippen LogP contribution in [0.5, 0.6) is 0 Å². The summed E-state index contributed by atoms with van der Waals surface area (Å²) in [5, 5.41) is 14.1. The van der Waals surface area contributed by atoms with E-state index in [2.05, 4.69) is 22.7 Å². The number of aromatic nitrogens is 1. The van der Waals surface area contributed by atoms with E-state index < -0.39 is 4.92 Å². The minimum atomic E-state index is -0.445. The molecular weight excluding hydrogens is 258 g/mol. The Labute approximate surface area is 119 Å². The first kappa shape index (κ1) is 16.2. The summed E-state index contributed by atoms with van der Waals surface area (Å²) in [6, 6.07) is 3.01. The first-order chi connectivity index (χ1) is 9.58. The molecule has 1 unspecified atom stereocenters. The average molecular weight is 281 g/mol. The monoisotopic (exact) mass is 281 g/mol. The summed E-state index contributed by atoms with van der Waals surface area (Å²) in [4.78, 5) is 14.6. The van der Waals surface area contributed by atoms with E-state index in [9.17, 15) is 10.1 Å². The van der Waals surface area contributed by atoms with Gasteiger partial charge in [0.15, 0.2) is 0 Å². The summed E-state index contributed by atoms with van der Waals surface area (Å²) in [6.45, 7) is 4.17. The summed E-state index contributed by atoms with van der Waals surface area (Å²) >= 11 is 0. The Morgan fingerprint density at radius 2 is 2.15 bits per heavy atom. The van der Waals surface area contributed by atoms with Gasteiger partial charge in [-0.1, -0.05) is 32.6 Å². The highest BCUT2D eigenvalue weighted by atomic mass is 16.6. The van der Waals surface area contributed by atoms with Gasteiger partial charge >= 0.3 is 5.69 Å². The van der Waals surface area contributed by atoms with Crippen LogP contribution in [0.15, 0.2) is 12.1 Å².